The summed E-state index contributed by atoms with van der Waals surface area (Å²) >= 11 is 6.84. The summed E-state index contributed by atoms with van der Waals surface area (Å²) in [5.74, 6) is -0.00283. The lowest BCUT2D eigenvalue weighted by atomic mass is 10.1. The van der Waals surface area contributed by atoms with Crippen LogP contribution in [0, 0.1) is 5.82 Å². The van der Waals surface area contributed by atoms with Gasteiger partial charge in [0.1, 0.15) is 12.4 Å². The number of hydrogen-bond acceptors (Lipinski definition) is 5. The van der Waals surface area contributed by atoms with Crippen molar-refractivity contribution >= 4 is 40.6 Å². The maximum Gasteiger partial charge on any atom is 0.293 e. The van der Waals surface area contributed by atoms with E-state index < -0.39 is 17.0 Å². The highest BCUT2D eigenvalue weighted by atomic mass is 35.5. The van der Waals surface area contributed by atoms with Crippen LogP contribution in [0.3, 0.4) is 0 Å². The van der Waals surface area contributed by atoms with Gasteiger partial charge in [0.15, 0.2) is 11.5 Å². The van der Waals surface area contributed by atoms with Gasteiger partial charge in [0, 0.05) is 10.6 Å². The monoisotopic (exact) mass is 433 g/mol. The average Bonchev–Trinajstić information content (AvgIpc) is 2.96. The molecule has 0 radical (unpaired) electrons. The van der Waals surface area contributed by atoms with Gasteiger partial charge in [-0.1, -0.05) is 42.5 Å². The molecule has 3 rings (SSSR count). The summed E-state index contributed by atoms with van der Waals surface area (Å²) in [6.07, 6.45) is 3.18. The van der Waals surface area contributed by atoms with Crippen molar-refractivity contribution in [2.24, 2.45) is 0 Å². The first-order valence-electron chi connectivity index (χ1n) is 8.54. The van der Waals surface area contributed by atoms with Crippen LogP contribution in [0.5, 0.6) is 11.5 Å². The molecule has 150 valence electrons. The van der Waals surface area contributed by atoms with Gasteiger partial charge in [0.05, 0.1) is 18.6 Å². The number of carbonyl (C=O) groups is 2. The normalized spacial score (nSPS) is 15.1. The minimum Gasteiger partial charge on any atom is -0.493 e. The lowest BCUT2D eigenvalue weighted by Crippen LogP contribution is -2.27. The van der Waals surface area contributed by atoms with E-state index in [-0.39, 0.29) is 23.1 Å². The Morgan fingerprint density at radius 3 is 2.76 bits per heavy atom. The lowest BCUT2D eigenvalue weighted by molar-refractivity contribution is -0.123. The van der Waals surface area contributed by atoms with E-state index in [2.05, 4.69) is 6.58 Å². The molecule has 1 aliphatic heterocycles. The van der Waals surface area contributed by atoms with Crippen LogP contribution in [0.4, 0.5) is 9.18 Å². The Kier molecular flexibility index (Phi) is 6.61. The highest BCUT2D eigenvalue weighted by molar-refractivity contribution is 8.18. The highest BCUT2D eigenvalue weighted by Crippen LogP contribution is 2.38. The van der Waals surface area contributed by atoms with Gasteiger partial charge in [-0.25, -0.2) is 4.39 Å². The molecule has 0 unspecified atom stereocenters. The molecule has 0 bridgehead atoms. The number of rotatable bonds is 7. The number of imide groups is 1. The maximum absolute atomic E-state index is 13.2. The third kappa shape index (κ3) is 4.63. The van der Waals surface area contributed by atoms with Crippen molar-refractivity contribution in [2.75, 3.05) is 13.7 Å². The smallest absolute Gasteiger partial charge is 0.293 e. The summed E-state index contributed by atoms with van der Waals surface area (Å²) in [4.78, 5) is 26.5. The van der Waals surface area contributed by atoms with Gasteiger partial charge in [-0.3, -0.25) is 14.5 Å². The lowest BCUT2D eigenvalue weighted by Gasteiger charge is -2.14. The Labute approximate surface area is 176 Å². The van der Waals surface area contributed by atoms with Gasteiger partial charge >= 0.3 is 0 Å². The molecule has 0 saturated carbocycles. The first kappa shape index (κ1) is 21.0. The first-order valence-corrected chi connectivity index (χ1v) is 9.74. The zero-order valence-corrected chi connectivity index (χ0v) is 17.1. The van der Waals surface area contributed by atoms with Gasteiger partial charge in [-0.2, -0.15) is 0 Å². The number of benzene rings is 2. The molecule has 1 aliphatic rings. The summed E-state index contributed by atoms with van der Waals surface area (Å²) in [6, 6.07) is 9.08. The number of amides is 2. The topological polar surface area (TPSA) is 55.8 Å². The quantitative estimate of drug-likeness (QED) is 0.438. The van der Waals surface area contributed by atoms with Crippen molar-refractivity contribution in [3.8, 4) is 11.5 Å². The number of halogens is 2. The molecule has 5 nitrogen and oxygen atoms in total. The molecular formula is C21H17ClFNO4S. The third-order valence-corrected chi connectivity index (χ3v) is 5.34. The minimum absolute atomic E-state index is 0.0426. The van der Waals surface area contributed by atoms with E-state index in [1.807, 2.05) is 0 Å². The molecular weight excluding hydrogens is 417 g/mol. The minimum atomic E-state index is -0.488. The number of para-hydroxylation sites is 1. The predicted octanol–water partition coefficient (Wildman–Crippen LogP) is 5.29. The summed E-state index contributed by atoms with van der Waals surface area (Å²) < 4.78 is 24.2. The second-order valence-electron chi connectivity index (χ2n) is 5.98. The largest absolute Gasteiger partial charge is 0.493 e. The van der Waals surface area contributed by atoms with Crippen LogP contribution < -0.4 is 9.47 Å². The molecule has 0 N–H and O–H groups in total. The van der Waals surface area contributed by atoms with E-state index in [4.69, 9.17) is 21.1 Å². The van der Waals surface area contributed by atoms with E-state index in [1.54, 1.807) is 30.4 Å². The number of thioether (sulfide) groups is 1. The average molecular weight is 434 g/mol. The Morgan fingerprint density at radius 1 is 1.28 bits per heavy atom. The number of carbonyl (C=O) groups excluding carboxylic acids is 2. The zero-order valence-electron chi connectivity index (χ0n) is 15.5. The van der Waals surface area contributed by atoms with E-state index in [0.29, 0.717) is 22.6 Å². The molecule has 1 heterocycles. The van der Waals surface area contributed by atoms with Gasteiger partial charge in [0.2, 0.25) is 0 Å². The molecule has 29 heavy (non-hydrogen) atoms. The molecule has 0 atom stereocenters. The summed E-state index contributed by atoms with van der Waals surface area (Å²) in [5, 5.41) is -0.279. The SMILES string of the molecule is C=CCOc1c(/C=C2\SC(=O)N(Cc3ccc(F)cc3Cl)C2=O)cccc1OC. The van der Waals surface area contributed by atoms with E-state index >= 15 is 0 Å². The molecule has 1 fully saturated rings. The van der Waals surface area contributed by atoms with Crippen molar-refractivity contribution in [2.45, 2.75) is 6.54 Å². The van der Waals surface area contributed by atoms with Crippen LogP contribution in [0.1, 0.15) is 11.1 Å². The predicted molar refractivity (Wildman–Crippen MR) is 112 cm³/mol. The zero-order chi connectivity index (χ0) is 21.0. The van der Waals surface area contributed by atoms with Crippen LogP contribution in [0.25, 0.3) is 6.08 Å². The Hall–Kier alpha value is -2.77. The number of methoxy groups -OCH3 is 1. The van der Waals surface area contributed by atoms with Crippen LogP contribution in [0.2, 0.25) is 5.02 Å². The summed E-state index contributed by atoms with van der Waals surface area (Å²) in [6.45, 7) is 3.84. The van der Waals surface area contributed by atoms with Crippen molar-refractivity contribution < 1.29 is 23.5 Å². The molecule has 0 aromatic heterocycles. The second-order valence-corrected chi connectivity index (χ2v) is 7.38. The number of hydrogen-bond donors (Lipinski definition) is 0. The Balaban J connectivity index is 1.89. The van der Waals surface area contributed by atoms with Gasteiger partial charge in [-0.05, 0) is 41.6 Å². The highest BCUT2D eigenvalue weighted by Gasteiger charge is 2.35. The van der Waals surface area contributed by atoms with Crippen molar-refractivity contribution in [3.05, 3.63) is 75.9 Å². The molecule has 2 amide bonds. The van der Waals surface area contributed by atoms with Gasteiger partial charge < -0.3 is 9.47 Å². The fourth-order valence-corrected chi connectivity index (χ4v) is 3.76. The number of nitrogens with zero attached hydrogens (tertiary/aromatic N) is 1. The van der Waals surface area contributed by atoms with Crippen LogP contribution in [-0.4, -0.2) is 29.8 Å². The molecule has 1 saturated heterocycles. The Morgan fingerprint density at radius 2 is 2.07 bits per heavy atom. The second kappa shape index (κ2) is 9.15. The van der Waals surface area contributed by atoms with Crippen LogP contribution in [-0.2, 0) is 11.3 Å². The van der Waals surface area contributed by atoms with E-state index in [1.165, 1.54) is 19.2 Å². The van der Waals surface area contributed by atoms with E-state index in [9.17, 15) is 14.0 Å². The molecule has 8 heteroatoms. The standard InChI is InChI=1S/C21H17ClFNO4S/c1-3-9-28-19-13(5-4-6-17(19)27-2)10-18-20(25)24(21(26)29-18)12-14-7-8-15(23)11-16(14)22/h3-8,10-11H,1,9,12H2,2H3/b18-10-. The van der Waals surface area contributed by atoms with Gasteiger partial charge in [0.25, 0.3) is 11.1 Å². The van der Waals surface area contributed by atoms with Crippen molar-refractivity contribution in [1.82, 2.24) is 4.90 Å². The van der Waals surface area contributed by atoms with E-state index in [0.717, 1.165) is 22.7 Å². The summed E-state index contributed by atoms with van der Waals surface area (Å²) in [7, 11) is 1.51. The fourth-order valence-electron chi connectivity index (χ4n) is 2.70. The molecule has 0 aliphatic carbocycles. The molecule has 0 spiro atoms. The van der Waals surface area contributed by atoms with Gasteiger partial charge in [-0.15, -0.1) is 0 Å². The van der Waals surface area contributed by atoms with Crippen LogP contribution in [0.15, 0.2) is 54.0 Å². The molecule has 2 aromatic carbocycles. The van der Waals surface area contributed by atoms with Crippen LogP contribution >= 0.6 is 23.4 Å². The van der Waals surface area contributed by atoms with Crippen molar-refractivity contribution in [3.63, 3.8) is 0 Å². The number of ether oxygens (including phenoxy) is 2. The fraction of sp³-hybridized carbons (Fsp3) is 0.143. The van der Waals surface area contributed by atoms with Crippen molar-refractivity contribution in [1.29, 1.82) is 0 Å². The third-order valence-electron chi connectivity index (χ3n) is 4.08. The first-order chi connectivity index (χ1) is 13.9. The summed E-state index contributed by atoms with van der Waals surface area (Å²) in [5.41, 5.74) is 1.07. The Bertz CT molecular complexity index is 1010. The molecule has 2 aromatic rings. The maximum atomic E-state index is 13.2.